The van der Waals surface area contributed by atoms with Crippen molar-refractivity contribution in [2.75, 3.05) is 13.1 Å². The molecule has 0 radical (unpaired) electrons. The van der Waals surface area contributed by atoms with Crippen LogP contribution in [0.5, 0.6) is 0 Å². The summed E-state index contributed by atoms with van der Waals surface area (Å²) < 4.78 is 12.9. The first-order chi connectivity index (χ1) is 8.66. The molecular formula is C14H18FNO2. The molecule has 0 aliphatic carbocycles. The van der Waals surface area contributed by atoms with Crippen LogP contribution in [0.25, 0.3) is 0 Å². The highest BCUT2D eigenvalue weighted by molar-refractivity contribution is 5.66. The highest BCUT2D eigenvalue weighted by atomic mass is 19.1. The standard InChI is InChI=1S/C14H18FNO2/c15-12-4-1-10(2-5-12)13-7-8-16-9-11(13)3-6-14(17)18/h1-2,4-5,11,13,16H,3,6-9H2,(H,17,18)/t11-,13+/m0/s1. The summed E-state index contributed by atoms with van der Waals surface area (Å²) in [6, 6.07) is 6.59. The molecule has 1 aromatic carbocycles. The van der Waals surface area contributed by atoms with Gasteiger partial charge in [0, 0.05) is 6.42 Å². The van der Waals surface area contributed by atoms with Crippen LogP contribution in [0.15, 0.2) is 24.3 Å². The Balaban J connectivity index is 2.07. The van der Waals surface area contributed by atoms with Crippen molar-refractivity contribution < 1.29 is 14.3 Å². The van der Waals surface area contributed by atoms with E-state index < -0.39 is 5.97 Å². The number of hydrogen-bond donors (Lipinski definition) is 2. The molecule has 3 nitrogen and oxygen atoms in total. The van der Waals surface area contributed by atoms with Gasteiger partial charge < -0.3 is 10.4 Å². The average molecular weight is 251 g/mol. The van der Waals surface area contributed by atoms with Crippen LogP contribution in [-0.2, 0) is 4.79 Å². The maximum absolute atomic E-state index is 12.9. The molecule has 4 heteroatoms. The number of piperidine rings is 1. The molecule has 1 aromatic rings. The number of carbonyl (C=O) groups is 1. The van der Waals surface area contributed by atoms with Crippen LogP contribution < -0.4 is 5.32 Å². The lowest BCUT2D eigenvalue weighted by molar-refractivity contribution is -0.137. The van der Waals surface area contributed by atoms with Gasteiger partial charge >= 0.3 is 5.97 Å². The highest BCUT2D eigenvalue weighted by Crippen LogP contribution is 2.33. The molecule has 0 unspecified atom stereocenters. The molecular weight excluding hydrogens is 233 g/mol. The predicted molar refractivity (Wildman–Crippen MR) is 67.0 cm³/mol. The molecule has 1 aliphatic rings. The summed E-state index contributed by atoms with van der Waals surface area (Å²) in [6.45, 7) is 1.78. The molecule has 18 heavy (non-hydrogen) atoms. The van der Waals surface area contributed by atoms with Crippen molar-refractivity contribution in [2.45, 2.75) is 25.2 Å². The minimum atomic E-state index is -0.751. The Morgan fingerprint density at radius 2 is 2.11 bits per heavy atom. The molecule has 1 fully saturated rings. The van der Waals surface area contributed by atoms with Gasteiger partial charge in [0.05, 0.1) is 0 Å². The fraction of sp³-hybridized carbons (Fsp3) is 0.500. The number of hydrogen-bond acceptors (Lipinski definition) is 2. The molecule has 1 saturated heterocycles. The van der Waals surface area contributed by atoms with Gasteiger partial charge in [-0.3, -0.25) is 4.79 Å². The van der Waals surface area contributed by atoms with Crippen molar-refractivity contribution in [3.63, 3.8) is 0 Å². The second kappa shape index (κ2) is 5.96. The van der Waals surface area contributed by atoms with Gasteiger partial charge in [-0.15, -0.1) is 0 Å². The van der Waals surface area contributed by atoms with Gasteiger partial charge in [-0.2, -0.15) is 0 Å². The molecule has 1 aliphatic heterocycles. The smallest absolute Gasteiger partial charge is 0.303 e. The van der Waals surface area contributed by atoms with Crippen molar-refractivity contribution >= 4 is 5.97 Å². The predicted octanol–water partition coefficient (Wildman–Crippen LogP) is 2.38. The maximum Gasteiger partial charge on any atom is 0.303 e. The van der Waals surface area contributed by atoms with Crippen molar-refractivity contribution in [3.8, 4) is 0 Å². The van der Waals surface area contributed by atoms with Crippen LogP contribution in [-0.4, -0.2) is 24.2 Å². The second-order valence-corrected chi connectivity index (χ2v) is 4.84. The summed E-state index contributed by atoms with van der Waals surface area (Å²) in [7, 11) is 0. The highest BCUT2D eigenvalue weighted by Gasteiger charge is 2.26. The quantitative estimate of drug-likeness (QED) is 0.863. The van der Waals surface area contributed by atoms with E-state index in [0.717, 1.165) is 25.1 Å². The largest absolute Gasteiger partial charge is 0.481 e. The summed E-state index contributed by atoms with van der Waals surface area (Å²) in [5.74, 6) is -0.320. The Labute approximate surface area is 106 Å². The molecule has 98 valence electrons. The number of aliphatic carboxylic acids is 1. The zero-order chi connectivity index (χ0) is 13.0. The van der Waals surface area contributed by atoms with Crippen molar-refractivity contribution in [1.29, 1.82) is 0 Å². The first-order valence-corrected chi connectivity index (χ1v) is 6.35. The molecule has 2 rings (SSSR count). The van der Waals surface area contributed by atoms with E-state index in [1.807, 2.05) is 12.1 Å². The van der Waals surface area contributed by atoms with Crippen molar-refractivity contribution in [1.82, 2.24) is 5.32 Å². The van der Waals surface area contributed by atoms with Gasteiger partial charge in [-0.1, -0.05) is 12.1 Å². The first-order valence-electron chi connectivity index (χ1n) is 6.35. The van der Waals surface area contributed by atoms with E-state index in [0.29, 0.717) is 18.3 Å². The van der Waals surface area contributed by atoms with Crippen LogP contribution in [0.4, 0.5) is 4.39 Å². The molecule has 2 atom stereocenters. The van der Waals surface area contributed by atoms with Crippen LogP contribution >= 0.6 is 0 Å². The van der Waals surface area contributed by atoms with Crippen LogP contribution in [0.1, 0.15) is 30.7 Å². The lowest BCUT2D eigenvalue weighted by atomic mass is 9.79. The van der Waals surface area contributed by atoms with Crippen LogP contribution in [0, 0.1) is 11.7 Å². The fourth-order valence-electron chi connectivity index (χ4n) is 2.68. The normalized spacial score (nSPS) is 23.8. The maximum atomic E-state index is 12.9. The fourth-order valence-corrected chi connectivity index (χ4v) is 2.68. The lowest BCUT2D eigenvalue weighted by Gasteiger charge is -2.32. The Bertz CT molecular complexity index is 405. The third-order valence-corrected chi connectivity index (χ3v) is 3.63. The monoisotopic (exact) mass is 251 g/mol. The minimum Gasteiger partial charge on any atom is -0.481 e. The molecule has 0 amide bonds. The lowest BCUT2D eigenvalue weighted by Crippen LogP contribution is -2.35. The third-order valence-electron chi connectivity index (χ3n) is 3.63. The first kappa shape index (κ1) is 13.0. The van der Waals surface area contributed by atoms with Crippen molar-refractivity contribution in [3.05, 3.63) is 35.6 Å². The molecule has 0 saturated carbocycles. The summed E-state index contributed by atoms with van der Waals surface area (Å²) in [4.78, 5) is 10.7. The third kappa shape index (κ3) is 3.29. The number of rotatable bonds is 4. The zero-order valence-electron chi connectivity index (χ0n) is 10.2. The Kier molecular flexibility index (Phi) is 4.31. The topological polar surface area (TPSA) is 49.3 Å². The molecule has 0 spiro atoms. The van der Waals surface area contributed by atoms with Crippen molar-refractivity contribution in [2.24, 2.45) is 5.92 Å². The van der Waals surface area contributed by atoms with E-state index in [9.17, 15) is 9.18 Å². The Morgan fingerprint density at radius 1 is 1.39 bits per heavy atom. The van der Waals surface area contributed by atoms with Gasteiger partial charge in [0.15, 0.2) is 0 Å². The summed E-state index contributed by atoms with van der Waals surface area (Å²) >= 11 is 0. The van der Waals surface area contributed by atoms with E-state index in [-0.39, 0.29) is 12.2 Å². The summed E-state index contributed by atoms with van der Waals surface area (Å²) in [5, 5.41) is 12.1. The van der Waals surface area contributed by atoms with Crippen LogP contribution in [0.2, 0.25) is 0 Å². The summed E-state index contributed by atoms with van der Waals surface area (Å²) in [6.07, 6.45) is 1.85. The second-order valence-electron chi connectivity index (χ2n) is 4.84. The average Bonchev–Trinajstić information content (AvgIpc) is 2.38. The molecule has 0 bridgehead atoms. The van der Waals surface area contributed by atoms with E-state index in [1.165, 1.54) is 12.1 Å². The molecule has 2 N–H and O–H groups in total. The number of halogens is 1. The number of carboxylic acids is 1. The van der Waals surface area contributed by atoms with E-state index in [4.69, 9.17) is 5.11 Å². The summed E-state index contributed by atoms with van der Waals surface area (Å²) in [5.41, 5.74) is 1.12. The van der Waals surface area contributed by atoms with Gasteiger partial charge in [-0.25, -0.2) is 4.39 Å². The van der Waals surface area contributed by atoms with Gasteiger partial charge in [0.25, 0.3) is 0 Å². The van der Waals surface area contributed by atoms with E-state index in [1.54, 1.807) is 0 Å². The molecule has 0 aromatic heterocycles. The number of carboxylic acid groups (broad SMARTS) is 1. The Morgan fingerprint density at radius 3 is 2.78 bits per heavy atom. The van der Waals surface area contributed by atoms with E-state index in [2.05, 4.69) is 5.32 Å². The van der Waals surface area contributed by atoms with Crippen LogP contribution in [0.3, 0.4) is 0 Å². The SMILES string of the molecule is O=C(O)CC[C@H]1CNCC[C@@H]1c1ccc(F)cc1. The Hall–Kier alpha value is -1.42. The minimum absolute atomic E-state index is 0.198. The van der Waals surface area contributed by atoms with Gasteiger partial charge in [0.1, 0.15) is 5.82 Å². The molecule has 1 heterocycles. The van der Waals surface area contributed by atoms with Gasteiger partial charge in [0.2, 0.25) is 0 Å². The number of nitrogens with one attached hydrogen (secondary N) is 1. The van der Waals surface area contributed by atoms with Gasteiger partial charge in [-0.05, 0) is 55.5 Å². The number of benzene rings is 1. The zero-order valence-corrected chi connectivity index (χ0v) is 10.2. The van der Waals surface area contributed by atoms with E-state index >= 15 is 0 Å².